The number of benzene rings is 1. The van der Waals surface area contributed by atoms with E-state index in [1.807, 2.05) is 38.1 Å². The first kappa shape index (κ1) is 13.4. The average Bonchev–Trinajstić information content (AvgIpc) is 2.64. The van der Waals surface area contributed by atoms with E-state index in [0.29, 0.717) is 6.42 Å². The fourth-order valence-electron chi connectivity index (χ4n) is 2.46. The number of methoxy groups -OCH3 is 1. The van der Waals surface area contributed by atoms with Crippen LogP contribution in [0.3, 0.4) is 0 Å². The zero-order valence-corrected chi connectivity index (χ0v) is 11.9. The molecule has 3 nitrogen and oxygen atoms in total. The van der Waals surface area contributed by atoms with Crippen molar-refractivity contribution in [2.45, 2.75) is 27.2 Å². The van der Waals surface area contributed by atoms with Crippen LogP contribution in [0.4, 0.5) is 0 Å². The van der Waals surface area contributed by atoms with Gasteiger partial charge in [0.05, 0.1) is 12.8 Å². The van der Waals surface area contributed by atoms with E-state index in [4.69, 9.17) is 4.74 Å². The Morgan fingerprint density at radius 1 is 1.26 bits per heavy atom. The molecule has 0 aliphatic carbocycles. The van der Waals surface area contributed by atoms with Gasteiger partial charge in [0.1, 0.15) is 11.5 Å². The molecule has 0 spiro atoms. The third-order valence-corrected chi connectivity index (χ3v) is 3.30. The Labute approximate surface area is 113 Å². The number of hydrogen-bond acceptors (Lipinski definition) is 2. The highest BCUT2D eigenvalue weighted by molar-refractivity contribution is 5.78. The molecule has 0 amide bonds. The van der Waals surface area contributed by atoms with Gasteiger partial charge >= 0.3 is 0 Å². The molecule has 100 valence electrons. The Bertz CT molecular complexity index is 611. The van der Waals surface area contributed by atoms with Crippen molar-refractivity contribution >= 4 is 5.78 Å². The number of carbonyl (C=O) groups is 1. The Morgan fingerprint density at radius 3 is 2.58 bits per heavy atom. The summed E-state index contributed by atoms with van der Waals surface area (Å²) in [6.45, 7) is 5.70. The molecule has 0 atom stereocenters. The fourth-order valence-corrected chi connectivity index (χ4v) is 2.46. The first-order valence-electron chi connectivity index (χ1n) is 6.35. The third kappa shape index (κ3) is 2.55. The van der Waals surface area contributed by atoms with Crippen molar-refractivity contribution < 1.29 is 9.53 Å². The van der Waals surface area contributed by atoms with Crippen LogP contribution in [-0.4, -0.2) is 17.5 Å². The van der Waals surface area contributed by atoms with E-state index >= 15 is 0 Å². The van der Waals surface area contributed by atoms with Gasteiger partial charge < -0.3 is 9.30 Å². The Kier molecular flexibility index (Phi) is 3.74. The third-order valence-electron chi connectivity index (χ3n) is 3.30. The summed E-state index contributed by atoms with van der Waals surface area (Å²) in [5.41, 5.74) is 4.29. The number of nitrogens with zero attached hydrogens (tertiary/aromatic N) is 1. The topological polar surface area (TPSA) is 31.2 Å². The summed E-state index contributed by atoms with van der Waals surface area (Å²) in [6.07, 6.45) is 0.481. The van der Waals surface area contributed by atoms with E-state index in [9.17, 15) is 4.79 Å². The summed E-state index contributed by atoms with van der Waals surface area (Å²) in [4.78, 5) is 11.3. The number of aromatic nitrogens is 1. The standard InChI is InChI=1S/C16H19NO2/c1-11-9-14(10-12(2)18)13(3)17(11)15-7-5-6-8-16(15)19-4/h5-9H,10H2,1-4H3. The highest BCUT2D eigenvalue weighted by Gasteiger charge is 2.14. The maximum Gasteiger partial charge on any atom is 0.142 e. The molecule has 1 aromatic carbocycles. The maximum absolute atomic E-state index is 11.3. The zero-order valence-electron chi connectivity index (χ0n) is 11.9. The predicted molar refractivity (Wildman–Crippen MR) is 76.2 cm³/mol. The smallest absolute Gasteiger partial charge is 0.142 e. The van der Waals surface area contributed by atoms with Gasteiger partial charge in [-0.1, -0.05) is 12.1 Å². The number of carbonyl (C=O) groups excluding carboxylic acids is 1. The fraction of sp³-hybridized carbons (Fsp3) is 0.312. The summed E-state index contributed by atoms with van der Waals surface area (Å²) < 4.78 is 7.55. The van der Waals surface area contributed by atoms with Crippen molar-refractivity contribution in [2.24, 2.45) is 0 Å². The number of aryl methyl sites for hydroxylation is 1. The van der Waals surface area contributed by atoms with Crippen molar-refractivity contribution in [3.05, 3.63) is 47.3 Å². The minimum atomic E-state index is 0.181. The van der Waals surface area contributed by atoms with E-state index in [1.165, 1.54) is 0 Å². The molecule has 1 heterocycles. The van der Waals surface area contributed by atoms with Crippen molar-refractivity contribution in [3.8, 4) is 11.4 Å². The van der Waals surface area contributed by atoms with E-state index in [0.717, 1.165) is 28.4 Å². The normalized spacial score (nSPS) is 10.5. The van der Waals surface area contributed by atoms with Crippen LogP contribution in [0, 0.1) is 13.8 Å². The van der Waals surface area contributed by atoms with Gasteiger partial charge in [-0.15, -0.1) is 0 Å². The van der Waals surface area contributed by atoms with Crippen LogP contribution >= 0.6 is 0 Å². The van der Waals surface area contributed by atoms with Gasteiger partial charge in [0.25, 0.3) is 0 Å². The van der Waals surface area contributed by atoms with Crippen LogP contribution in [0.5, 0.6) is 5.75 Å². The highest BCUT2D eigenvalue weighted by Crippen LogP contribution is 2.28. The second kappa shape index (κ2) is 5.31. The van der Waals surface area contributed by atoms with Gasteiger partial charge in [0.2, 0.25) is 0 Å². The number of hydrogen-bond donors (Lipinski definition) is 0. The minimum absolute atomic E-state index is 0.181. The second-order valence-electron chi connectivity index (χ2n) is 4.78. The molecule has 1 aromatic heterocycles. The monoisotopic (exact) mass is 257 g/mol. The Morgan fingerprint density at radius 2 is 1.95 bits per heavy atom. The molecule has 0 aliphatic heterocycles. The van der Waals surface area contributed by atoms with Crippen LogP contribution in [0.25, 0.3) is 5.69 Å². The number of rotatable bonds is 4. The molecular formula is C16H19NO2. The van der Waals surface area contributed by atoms with Crippen LogP contribution in [0.2, 0.25) is 0 Å². The Hall–Kier alpha value is -2.03. The van der Waals surface area contributed by atoms with E-state index in [2.05, 4.69) is 10.6 Å². The number of Topliss-reactive ketones (excluding diaryl/α,β-unsaturated/α-hetero) is 1. The van der Waals surface area contributed by atoms with Crippen molar-refractivity contribution in [1.82, 2.24) is 4.57 Å². The summed E-state index contributed by atoms with van der Waals surface area (Å²) in [5, 5.41) is 0. The van der Waals surface area contributed by atoms with Crippen LogP contribution in [-0.2, 0) is 11.2 Å². The number of ether oxygens (including phenoxy) is 1. The molecule has 2 aromatic rings. The molecule has 0 N–H and O–H groups in total. The molecule has 0 unspecified atom stereocenters. The zero-order chi connectivity index (χ0) is 14.0. The van der Waals surface area contributed by atoms with Crippen LogP contribution in [0.15, 0.2) is 30.3 Å². The first-order valence-corrected chi connectivity index (χ1v) is 6.35. The highest BCUT2D eigenvalue weighted by atomic mass is 16.5. The molecule has 0 radical (unpaired) electrons. The summed E-state index contributed by atoms with van der Waals surface area (Å²) >= 11 is 0. The molecule has 0 fully saturated rings. The van der Waals surface area contributed by atoms with Crippen LogP contribution < -0.4 is 4.74 Å². The van der Waals surface area contributed by atoms with Crippen molar-refractivity contribution in [1.29, 1.82) is 0 Å². The maximum atomic E-state index is 11.3. The van der Waals surface area contributed by atoms with Gasteiger partial charge in [-0.3, -0.25) is 4.79 Å². The summed E-state index contributed by atoms with van der Waals surface area (Å²) in [6, 6.07) is 9.98. The van der Waals surface area contributed by atoms with Gasteiger partial charge in [0.15, 0.2) is 0 Å². The van der Waals surface area contributed by atoms with Gasteiger partial charge in [-0.05, 0) is 44.5 Å². The van der Waals surface area contributed by atoms with Crippen molar-refractivity contribution in [2.75, 3.05) is 7.11 Å². The largest absolute Gasteiger partial charge is 0.495 e. The Balaban J connectivity index is 2.56. The second-order valence-corrected chi connectivity index (χ2v) is 4.78. The molecule has 3 heteroatoms. The van der Waals surface area contributed by atoms with Gasteiger partial charge in [-0.2, -0.15) is 0 Å². The van der Waals surface area contributed by atoms with E-state index in [1.54, 1.807) is 14.0 Å². The number of para-hydroxylation sites is 2. The van der Waals surface area contributed by atoms with Crippen LogP contribution in [0.1, 0.15) is 23.9 Å². The lowest BCUT2D eigenvalue weighted by Gasteiger charge is -2.13. The summed E-state index contributed by atoms with van der Waals surface area (Å²) in [7, 11) is 1.67. The minimum Gasteiger partial charge on any atom is -0.495 e. The molecule has 0 saturated heterocycles. The molecule has 2 rings (SSSR count). The van der Waals surface area contributed by atoms with Gasteiger partial charge in [0, 0.05) is 17.8 Å². The molecule has 0 saturated carbocycles. The average molecular weight is 257 g/mol. The molecule has 19 heavy (non-hydrogen) atoms. The van der Waals surface area contributed by atoms with Gasteiger partial charge in [-0.25, -0.2) is 0 Å². The molecule has 0 aliphatic rings. The lowest BCUT2D eigenvalue weighted by atomic mass is 10.1. The van der Waals surface area contributed by atoms with E-state index in [-0.39, 0.29) is 5.78 Å². The first-order chi connectivity index (χ1) is 9.04. The lowest BCUT2D eigenvalue weighted by Crippen LogP contribution is -2.03. The quantitative estimate of drug-likeness (QED) is 0.842. The number of ketones is 1. The molecule has 0 bridgehead atoms. The SMILES string of the molecule is COc1ccccc1-n1c(C)cc(CC(C)=O)c1C. The molecular weight excluding hydrogens is 238 g/mol. The lowest BCUT2D eigenvalue weighted by molar-refractivity contribution is -0.116. The van der Waals surface area contributed by atoms with Crippen molar-refractivity contribution in [3.63, 3.8) is 0 Å². The van der Waals surface area contributed by atoms with E-state index < -0.39 is 0 Å². The summed E-state index contributed by atoms with van der Waals surface area (Å²) in [5.74, 6) is 1.01. The predicted octanol–water partition coefficient (Wildman–Crippen LogP) is 3.23.